The third-order valence-electron chi connectivity index (χ3n) is 3.78. The Morgan fingerprint density at radius 1 is 1.42 bits per heavy atom. The molecule has 1 aliphatic heterocycles. The van der Waals surface area contributed by atoms with Crippen LogP contribution in [0.25, 0.3) is 0 Å². The molecule has 2 rings (SSSR count). The molecule has 0 radical (unpaired) electrons. The normalized spacial score (nSPS) is 20.4. The van der Waals surface area contributed by atoms with E-state index in [2.05, 4.69) is 28.2 Å². The van der Waals surface area contributed by atoms with Gasteiger partial charge in [-0.15, -0.1) is 0 Å². The molecule has 1 atom stereocenters. The lowest BCUT2D eigenvalue weighted by Gasteiger charge is -2.35. The molecule has 0 bridgehead atoms. The fourth-order valence-electron chi connectivity index (χ4n) is 2.78. The van der Waals surface area contributed by atoms with Gasteiger partial charge in [0.25, 0.3) is 0 Å². The molecule has 4 heteroatoms. The van der Waals surface area contributed by atoms with Gasteiger partial charge in [0.1, 0.15) is 5.82 Å². The molecule has 1 fully saturated rings. The third-order valence-corrected chi connectivity index (χ3v) is 3.78. The quantitative estimate of drug-likeness (QED) is 0.826. The van der Waals surface area contributed by atoms with E-state index < -0.39 is 0 Å². The highest BCUT2D eigenvalue weighted by Crippen LogP contribution is 2.21. The van der Waals surface area contributed by atoms with E-state index in [1.165, 1.54) is 24.8 Å². The molecular formula is C15H25N3O. The van der Waals surface area contributed by atoms with Crippen molar-refractivity contribution >= 4 is 5.82 Å². The van der Waals surface area contributed by atoms with Crippen molar-refractivity contribution in [3.8, 4) is 0 Å². The van der Waals surface area contributed by atoms with Gasteiger partial charge in [-0.3, -0.25) is 4.90 Å². The van der Waals surface area contributed by atoms with Gasteiger partial charge in [0.05, 0.1) is 0 Å². The Balaban J connectivity index is 1.94. The number of anilines is 1. The molecule has 0 saturated carbocycles. The zero-order valence-electron chi connectivity index (χ0n) is 11.8. The summed E-state index contributed by atoms with van der Waals surface area (Å²) in [6, 6.07) is 4.73. The van der Waals surface area contributed by atoms with Gasteiger partial charge >= 0.3 is 0 Å². The maximum Gasteiger partial charge on any atom is 0.125 e. The maximum absolute atomic E-state index is 9.15. The second-order valence-corrected chi connectivity index (χ2v) is 5.21. The minimum atomic E-state index is 0.290. The van der Waals surface area contributed by atoms with Gasteiger partial charge in [-0.2, -0.15) is 0 Å². The van der Waals surface area contributed by atoms with E-state index in [1.54, 1.807) is 0 Å². The van der Waals surface area contributed by atoms with E-state index >= 15 is 0 Å². The lowest BCUT2D eigenvalue weighted by molar-refractivity contribution is 0.112. The second-order valence-electron chi connectivity index (χ2n) is 5.21. The van der Waals surface area contributed by atoms with Crippen LogP contribution in [-0.2, 0) is 6.54 Å². The number of nitrogens with one attached hydrogen (secondary N) is 1. The molecule has 0 amide bonds. The van der Waals surface area contributed by atoms with E-state index in [9.17, 15) is 0 Å². The van der Waals surface area contributed by atoms with Gasteiger partial charge in [-0.1, -0.05) is 12.5 Å². The summed E-state index contributed by atoms with van der Waals surface area (Å²) in [4.78, 5) is 6.91. The molecule has 0 aromatic carbocycles. The molecule has 1 unspecified atom stereocenters. The highest BCUT2D eigenvalue weighted by molar-refractivity contribution is 5.35. The number of hydrogen-bond donors (Lipinski definition) is 2. The largest absolute Gasteiger partial charge is 0.396 e. The maximum atomic E-state index is 9.15. The number of piperidine rings is 1. The average Bonchev–Trinajstić information content (AvgIpc) is 2.44. The summed E-state index contributed by atoms with van der Waals surface area (Å²) in [5.41, 5.74) is 1.26. The van der Waals surface area contributed by atoms with Gasteiger partial charge in [0, 0.05) is 31.9 Å². The van der Waals surface area contributed by atoms with Crippen molar-refractivity contribution < 1.29 is 5.11 Å². The molecule has 1 saturated heterocycles. The van der Waals surface area contributed by atoms with E-state index in [4.69, 9.17) is 5.11 Å². The molecule has 1 aromatic heterocycles. The first-order chi connectivity index (χ1) is 9.33. The highest BCUT2D eigenvalue weighted by Gasteiger charge is 2.21. The Labute approximate surface area is 115 Å². The first-order valence-electron chi connectivity index (χ1n) is 7.37. The van der Waals surface area contributed by atoms with Crippen LogP contribution >= 0.6 is 0 Å². The van der Waals surface area contributed by atoms with Crippen LogP contribution in [0.1, 0.15) is 38.2 Å². The van der Waals surface area contributed by atoms with Crippen LogP contribution in [0.15, 0.2) is 18.3 Å². The zero-order valence-corrected chi connectivity index (χ0v) is 11.8. The van der Waals surface area contributed by atoms with Crippen molar-refractivity contribution in [2.75, 3.05) is 25.0 Å². The monoisotopic (exact) mass is 263 g/mol. The third kappa shape index (κ3) is 4.18. The number of nitrogens with zero attached hydrogens (tertiary/aromatic N) is 2. The summed E-state index contributed by atoms with van der Waals surface area (Å²) < 4.78 is 0. The topological polar surface area (TPSA) is 48.4 Å². The Kier molecular flexibility index (Phi) is 5.61. The summed E-state index contributed by atoms with van der Waals surface area (Å²) >= 11 is 0. The predicted molar refractivity (Wildman–Crippen MR) is 78.2 cm³/mol. The predicted octanol–water partition coefficient (Wildman–Crippen LogP) is 2.25. The van der Waals surface area contributed by atoms with Crippen molar-refractivity contribution in [2.45, 2.75) is 45.2 Å². The molecule has 2 heterocycles. The van der Waals surface area contributed by atoms with Crippen molar-refractivity contribution in [1.82, 2.24) is 9.88 Å². The van der Waals surface area contributed by atoms with Crippen molar-refractivity contribution in [1.29, 1.82) is 0 Å². The molecule has 1 aliphatic rings. The fraction of sp³-hybridized carbons (Fsp3) is 0.667. The molecule has 19 heavy (non-hydrogen) atoms. The van der Waals surface area contributed by atoms with Crippen molar-refractivity contribution in [3.05, 3.63) is 23.9 Å². The Morgan fingerprint density at radius 3 is 3.00 bits per heavy atom. The van der Waals surface area contributed by atoms with Crippen molar-refractivity contribution in [3.63, 3.8) is 0 Å². The number of pyridine rings is 1. The highest BCUT2D eigenvalue weighted by atomic mass is 16.3. The summed E-state index contributed by atoms with van der Waals surface area (Å²) in [6.45, 7) is 5.35. The first-order valence-corrected chi connectivity index (χ1v) is 7.37. The number of aromatic nitrogens is 1. The lowest BCUT2D eigenvalue weighted by Crippen LogP contribution is -2.39. The molecule has 4 nitrogen and oxygen atoms in total. The van der Waals surface area contributed by atoms with Crippen LogP contribution in [0.2, 0.25) is 0 Å². The molecule has 106 valence electrons. The smallest absolute Gasteiger partial charge is 0.125 e. The van der Waals surface area contributed by atoms with Crippen molar-refractivity contribution in [2.24, 2.45) is 0 Å². The molecule has 1 aromatic rings. The lowest BCUT2D eigenvalue weighted by atomic mass is 9.99. The van der Waals surface area contributed by atoms with Gasteiger partial charge in [0.15, 0.2) is 0 Å². The SMILES string of the molecule is CCNc1ccc(CN2CCCCC2CCO)cn1. The average molecular weight is 263 g/mol. The Morgan fingerprint density at radius 2 is 2.32 bits per heavy atom. The summed E-state index contributed by atoms with van der Waals surface area (Å²) in [5.74, 6) is 0.941. The van der Waals surface area contributed by atoms with Crippen LogP contribution in [-0.4, -0.2) is 40.7 Å². The van der Waals surface area contributed by atoms with Gasteiger partial charge < -0.3 is 10.4 Å². The molecular weight excluding hydrogens is 238 g/mol. The zero-order chi connectivity index (χ0) is 13.5. The minimum absolute atomic E-state index is 0.290. The number of likely N-dealkylation sites (tertiary alicyclic amines) is 1. The van der Waals surface area contributed by atoms with E-state index in [1.807, 2.05) is 12.3 Å². The van der Waals surface area contributed by atoms with Crippen LogP contribution in [0.5, 0.6) is 0 Å². The number of rotatable bonds is 6. The van der Waals surface area contributed by atoms with Crippen LogP contribution in [0, 0.1) is 0 Å². The van der Waals surface area contributed by atoms with Gasteiger partial charge in [-0.05, 0) is 44.4 Å². The number of hydrogen-bond acceptors (Lipinski definition) is 4. The van der Waals surface area contributed by atoms with E-state index in [-0.39, 0.29) is 0 Å². The van der Waals surface area contributed by atoms with E-state index in [0.717, 1.165) is 31.9 Å². The second kappa shape index (κ2) is 7.46. The molecule has 2 N–H and O–H groups in total. The van der Waals surface area contributed by atoms with Crippen LogP contribution < -0.4 is 5.32 Å². The van der Waals surface area contributed by atoms with Crippen LogP contribution in [0.4, 0.5) is 5.82 Å². The van der Waals surface area contributed by atoms with Gasteiger partial charge in [-0.25, -0.2) is 4.98 Å². The minimum Gasteiger partial charge on any atom is -0.396 e. The summed E-state index contributed by atoms with van der Waals surface area (Å²) in [7, 11) is 0. The fourth-order valence-corrected chi connectivity index (χ4v) is 2.78. The first kappa shape index (κ1) is 14.3. The number of aliphatic hydroxyl groups is 1. The molecule has 0 spiro atoms. The standard InChI is InChI=1S/C15H25N3O/c1-2-16-15-7-6-13(11-17-15)12-18-9-4-3-5-14(18)8-10-19/h6-7,11,14,19H,2-5,8-10,12H2,1H3,(H,16,17). The molecule has 0 aliphatic carbocycles. The van der Waals surface area contributed by atoms with Crippen LogP contribution in [0.3, 0.4) is 0 Å². The number of aliphatic hydroxyl groups excluding tert-OH is 1. The van der Waals surface area contributed by atoms with E-state index in [0.29, 0.717) is 12.6 Å². The summed E-state index contributed by atoms with van der Waals surface area (Å²) in [6.07, 6.45) is 6.62. The summed E-state index contributed by atoms with van der Waals surface area (Å²) in [5, 5.41) is 12.4. The Hall–Kier alpha value is -1.13. The Bertz CT molecular complexity index is 364. The van der Waals surface area contributed by atoms with Gasteiger partial charge in [0.2, 0.25) is 0 Å².